The van der Waals surface area contributed by atoms with Gasteiger partial charge >= 0.3 is 5.97 Å². The van der Waals surface area contributed by atoms with Gasteiger partial charge in [0.1, 0.15) is 6.04 Å². The number of carbonyl (C=O) groups excluding carboxylic acids is 1. The predicted molar refractivity (Wildman–Crippen MR) is 70.1 cm³/mol. The zero-order valence-corrected chi connectivity index (χ0v) is 11.6. The maximum absolute atomic E-state index is 12.1. The zero-order chi connectivity index (χ0) is 13.7. The lowest BCUT2D eigenvalue weighted by Crippen LogP contribution is -2.47. The summed E-state index contributed by atoms with van der Waals surface area (Å²) in [7, 11) is 0. The van der Waals surface area contributed by atoms with Crippen molar-refractivity contribution >= 4 is 11.9 Å². The molecule has 0 aliphatic heterocycles. The first kappa shape index (κ1) is 15.0. The Labute approximate surface area is 109 Å². The topological polar surface area (TPSA) is 66.4 Å². The molecule has 1 aliphatic rings. The number of carboxylic acids is 1. The molecule has 0 heterocycles. The lowest BCUT2D eigenvalue weighted by molar-refractivity contribution is -0.144. The van der Waals surface area contributed by atoms with Crippen LogP contribution in [-0.4, -0.2) is 23.0 Å². The van der Waals surface area contributed by atoms with Crippen LogP contribution < -0.4 is 5.32 Å². The van der Waals surface area contributed by atoms with Crippen LogP contribution in [0.2, 0.25) is 0 Å². The number of nitrogens with one attached hydrogen (secondary N) is 1. The molecule has 0 spiro atoms. The number of carboxylic acid groups (broad SMARTS) is 1. The molecule has 1 saturated carbocycles. The molecule has 18 heavy (non-hydrogen) atoms. The van der Waals surface area contributed by atoms with E-state index in [4.69, 9.17) is 5.11 Å². The molecule has 0 radical (unpaired) electrons. The maximum atomic E-state index is 12.1. The number of hydrogen-bond acceptors (Lipinski definition) is 2. The van der Waals surface area contributed by atoms with Gasteiger partial charge in [0.05, 0.1) is 0 Å². The molecule has 1 rings (SSSR count). The highest BCUT2D eigenvalue weighted by Gasteiger charge is 2.30. The van der Waals surface area contributed by atoms with Gasteiger partial charge in [0.25, 0.3) is 0 Å². The van der Waals surface area contributed by atoms with Gasteiger partial charge in [-0.05, 0) is 37.5 Å². The van der Waals surface area contributed by atoms with Crippen LogP contribution >= 0.6 is 0 Å². The first-order valence-electron chi connectivity index (χ1n) is 6.98. The number of amides is 1. The molecule has 0 saturated heterocycles. The third kappa shape index (κ3) is 4.00. The summed E-state index contributed by atoms with van der Waals surface area (Å²) < 4.78 is 0. The molecule has 4 heteroatoms. The second-order valence-corrected chi connectivity index (χ2v) is 5.67. The molecule has 1 fully saturated rings. The first-order chi connectivity index (χ1) is 8.45. The zero-order valence-electron chi connectivity index (χ0n) is 11.6. The average molecular weight is 255 g/mol. The second-order valence-electron chi connectivity index (χ2n) is 5.67. The summed E-state index contributed by atoms with van der Waals surface area (Å²) in [5, 5.41) is 11.9. The third-order valence-electron chi connectivity index (χ3n) is 4.16. The predicted octanol–water partition coefficient (Wildman–Crippen LogP) is 2.43. The molecule has 2 N–H and O–H groups in total. The van der Waals surface area contributed by atoms with Gasteiger partial charge in [0, 0.05) is 5.92 Å². The van der Waals surface area contributed by atoms with Gasteiger partial charge in [-0.25, -0.2) is 4.79 Å². The summed E-state index contributed by atoms with van der Waals surface area (Å²) in [6.07, 6.45) is 4.66. The van der Waals surface area contributed by atoms with E-state index in [9.17, 15) is 9.59 Å². The van der Waals surface area contributed by atoms with Crippen molar-refractivity contribution in [1.29, 1.82) is 0 Å². The highest BCUT2D eigenvalue weighted by molar-refractivity contribution is 5.85. The van der Waals surface area contributed by atoms with Crippen molar-refractivity contribution in [3.8, 4) is 0 Å². The highest BCUT2D eigenvalue weighted by atomic mass is 16.4. The summed E-state index contributed by atoms with van der Waals surface area (Å²) in [6, 6.07) is -0.748. The first-order valence-corrected chi connectivity index (χ1v) is 6.98. The van der Waals surface area contributed by atoms with E-state index < -0.39 is 12.0 Å². The standard InChI is InChI=1S/C14H25NO3/c1-4-10(3)12(14(17)18)15-13(16)11-7-5-9(2)6-8-11/h9-12H,4-8H2,1-3H3,(H,15,16)(H,17,18). The molecule has 0 bridgehead atoms. The highest BCUT2D eigenvalue weighted by Crippen LogP contribution is 2.28. The monoisotopic (exact) mass is 255 g/mol. The molecule has 4 nitrogen and oxygen atoms in total. The summed E-state index contributed by atoms with van der Waals surface area (Å²) in [5.74, 6) is -0.337. The molecule has 2 unspecified atom stereocenters. The normalized spacial score (nSPS) is 27.3. The number of hydrogen-bond donors (Lipinski definition) is 2. The Hall–Kier alpha value is -1.06. The average Bonchev–Trinajstić information content (AvgIpc) is 2.35. The maximum Gasteiger partial charge on any atom is 0.326 e. The van der Waals surface area contributed by atoms with Crippen molar-refractivity contribution in [1.82, 2.24) is 5.32 Å². The van der Waals surface area contributed by atoms with Crippen molar-refractivity contribution < 1.29 is 14.7 Å². The van der Waals surface area contributed by atoms with Crippen LogP contribution in [0, 0.1) is 17.8 Å². The van der Waals surface area contributed by atoms with Gasteiger partial charge < -0.3 is 10.4 Å². The van der Waals surface area contributed by atoms with Gasteiger partial charge in [0.2, 0.25) is 5.91 Å². The fourth-order valence-corrected chi connectivity index (χ4v) is 2.48. The third-order valence-corrected chi connectivity index (χ3v) is 4.16. The molecule has 104 valence electrons. The lowest BCUT2D eigenvalue weighted by atomic mass is 9.82. The molecule has 1 amide bonds. The largest absolute Gasteiger partial charge is 0.480 e. The SMILES string of the molecule is CCC(C)C(NC(=O)C1CCC(C)CC1)C(=O)O. The number of aliphatic carboxylic acids is 1. The molecule has 0 aromatic heterocycles. The van der Waals surface area contributed by atoms with E-state index in [1.165, 1.54) is 0 Å². The molecule has 0 aromatic rings. The van der Waals surface area contributed by atoms with Crippen LogP contribution in [0.25, 0.3) is 0 Å². The Bertz CT molecular complexity index is 295. The number of carbonyl (C=O) groups is 2. The van der Waals surface area contributed by atoms with Crippen molar-refractivity contribution in [3.63, 3.8) is 0 Å². The van der Waals surface area contributed by atoms with E-state index in [-0.39, 0.29) is 17.7 Å². The van der Waals surface area contributed by atoms with E-state index in [1.54, 1.807) is 0 Å². The Morgan fingerprint density at radius 1 is 1.28 bits per heavy atom. The van der Waals surface area contributed by atoms with Gasteiger partial charge in [0.15, 0.2) is 0 Å². The minimum atomic E-state index is -0.929. The van der Waals surface area contributed by atoms with Crippen molar-refractivity contribution in [2.75, 3.05) is 0 Å². The van der Waals surface area contributed by atoms with Gasteiger partial charge in [-0.3, -0.25) is 4.79 Å². The van der Waals surface area contributed by atoms with Gasteiger partial charge in [-0.2, -0.15) is 0 Å². The van der Waals surface area contributed by atoms with E-state index in [0.717, 1.165) is 32.1 Å². The summed E-state index contributed by atoms with van der Waals surface area (Å²) in [4.78, 5) is 23.2. The van der Waals surface area contributed by atoms with Crippen LogP contribution in [0.3, 0.4) is 0 Å². The summed E-state index contributed by atoms with van der Waals surface area (Å²) in [6.45, 7) is 6.00. The number of rotatable bonds is 5. The fourth-order valence-electron chi connectivity index (χ4n) is 2.48. The van der Waals surface area contributed by atoms with Crippen molar-refractivity contribution in [2.45, 2.75) is 58.9 Å². The van der Waals surface area contributed by atoms with Crippen molar-refractivity contribution in [2.24, 2.45) is 17.8 Å². The molecule has 1 aliphatic carbocycles. The van der Waals surface area contributed by atoms with Crippen LogP contribution in [0.5, 0.6) is 0 Å². The van der Waals surface area contributed by atoms with E-state index in [1.807, 2.05) is 13.8 Å². The minimum absolute atomic E-state index is 0.00658. The lowest BCUT2D eigenvalue weighted by Gasteiger charge is -2.28. The summed E-state index contributed by atoms with van der Waals surface area (Å²) in [5.41, 5.74) is 0. The Morgan fingerprint density at radius 3 is 2.28 bits per heavy atom. The molecular weight excluding hydrogens is 230 g/mol. The Balaban J connectivity index is 2.53. The van der Waals surface area contributed by atoms with Crippen LogP contribution in [0.15, 0.2) is 0 Å². The van der Waals surface area contributed by atoms with Crippen LogP contribution in [0.1, 0.15) is 52.9 Å². The quantitative estimate of drug-likeness (QED) is 0.793. The van der Waals surface area contributed by atoms with E-state index in [0.29, 0.717) is 5.92 Å². The molecule has 0 aromatic carbocycles. The molecular formula is C14H25NO3. The fraction of sp³-hybridized carbons (Fsp3) is 0.857. The van der Waals surface area contributed by atoms with Crippen molar-refractivity contribution in [3.05, 3.63) is 0 Å². The minimum Gasteiger partial charge on any atom is -0.480 e. The summed E-state index contributed by atoms with van der Waals surface area (Å²) >= 11 is 0. The van der Waals surface area contributed by atoms with E-state index in [2.05, 4.69) is 12.2 Å². The Morgan fingerprint density at radius 2 is 1.83 bits per heavy atom. The molecule has 2 atom stereocenters. The van der Waals surface area contributed by atoms with Gasteiger partial charge in [-0.15, -0.1) is 0 Å². The second kappa shape index (κ2) is 6.76. The van der Waals surface area contributed by atoms with Crippen LogP contribution in [-0.2, 0) is 9.59 Å². The van der Waals surface area contributed by atoms with E-state index >= 15 is 0 Å². The van der Waals surface area contributed by atoms with Gasteiger partial charge in [-0.1, -0.05) is 27.2 Å². The Kier molecular flexibility index (Phi) is 5.63. The smallest absolute Gasteiger partial charge is 0.326 e. The van der Waals surface area contributed by atoms with Crippen LogP contribution in [0.4, 0.5) is 0 Å².